The van der Waals surface area contributed by atoms with Crippen LogP contribution < -0.4 is 10.1 Å². The number of rotatable bonds is 5. The third-order valence-corrected chi connectivity index (χ3v) is 2.87. The number of hydrogen-bond acceptors (Lipinski definition) is 5. The Hall–Kier alpha value is -2.41. The number of ether oxygens (including phenoxy) is 1. The van der Waals surface area contributed by atoms with Crippen LogP contribution in [0.3, 0.4) is 0 Å². The Labute approximate surface area is 114 Å². The molecule has 1 unspecified atom stereocenters. The first kappa shape index (κ1) is 14.0. The summed E-state index contributed by atoms with van der Waals surface area (Å²) in [6.07, 6.45) is 0. The molecule has 0 radical (unpaired) electrons. The van der Waals surface area contributed by atoms with Crippen LogP contribution in [-0.2, 0) is 0 Å². The van der Waals surface area contributed by atoms with E-state index >= 15 is 0 Å². The van der Waals surface area contributed by atoms with Crippen LogP contribution in [0.2, 0.25) is 0 Å². The van der Waals surface area contributed by atoms with Crippen molar-refractivity contribution in [3.8, 4) is 5.75 Å². The fourth-order valence-corrected chi connectivity index (χ4v) is 1.93. The summed E-state index contributed by atoms with van der Waals surface area (Å²) in [5.74, 6) is -0.390. The van der Waals surface area contributed by atoms with Crippen LogP contribution >= 0.6 is 0 Å². The lowest BCUT2D eigenvalue weighted by Gasteiger charge is -2.14. The van der Waals surface area contributed by atoms with Crippen molar-refractivity contribution in [1.82, 2.24) is 5.32 Å². The van der Waals surface area contributed by atoms with Crippen LogP contribution in [0.5, 0.6) is 5.75 Å². The second kappa shape index (κ2) is 5.70. The molecule has 0 spiro atoms. The largest absolute Gasteiger partial charge is 0.494 e. The van der Waals surface area contributed by atoms with Crippen LogP contribution in [0.4, 0.5) is 10.3 Å². The molecule has 0 fully saturated rings. The Morgan fingerprint density at radius 3 is 2.65 bits per heavy atom. The van der Waals surface area contributed by atoms with Crippen LogP contribution in [-0.4, -0.2) is 19.1 Å². The van der Waals surface area contributed by atoms with E-state index in [4.69, 9.17) is 9.15 Å². The molecule has 2 rings (SSSR count). The number of nitrogens with one attached hydrogen (secondary N) is 1. The van der Waals surface area contributed by atoms with Gasteiger partial charge in [0.2, 0.25) is 0 Å². The average Bonchev–Trinajstić information content (AvgIpc) is 2.89. The maximum atomic E-state index is 13.7. The summed E-state index contributed by atoms with van der Waals surface area (Å²) in [5, 5.41) is 13.5. The van der Waals surface area contributed by atoms with Gasteiger partial charge in [0, 0.05) is 0 Å². The fourth-order valence-electron chi connectivity index (χ4n) is 1.93. The average molecular weight is 280 g/mol. The summed E-state index contributed by atoms with van der Waals surface area (Å²) in [6.45, 7) is 0. The van der Waals surface area contributed by atoms with Crippen LogP contribution in [0.1, 0.15) is 17.4 Å². The second-order valence-electron chi connectivity index (χ2n) is 4.05. The van der Waals surface area contributed by atoms with Gasteiger partial charge in [0.05, 0.1) is 19.2 Å². The number of hydrogen-bond donors (Lipinski definition) is 1. The Morgan fingerprint density at radius 2 is 2.15 bits per heavy atom. The predicted octanol–water partition coefficient (Wildman–Crippen LogP) is 2.64. The lowest BCUT2D eigenvalue weighted by atomic mass is 10.0. The number of benzene rings is 1. The maximum absolute atomic E-state index is 13.7. The van der Waals surface area contributed by atoms with Crippen molar-refractivity contribution < 1.29 is 18.5 Å². The lowest BCUT2D eigenvalue weighted by Crippen LogP contribution is -2.17. The van der Waals surface area contributed by atoms with E-state index in [9.17, 15) is 14.5 Å². The Bertz CT molecular complexity index is 627. The number of nitro groups is 1. The van der Waals surface area contributed by atoms with Gasteiger partial charge in [-0.2, -0.15) is 0 Å². The molecule has 0 aliphatic carbocycles. The quantitative estimate of drug-likeness (QED) is 0.673. The van der Waals surface area contributed by atoms with Crippen LogP contribution in [0.25, 0.3) is 0 Å². The zero-order chi connectivity index (χ0) is 14.7. The molecule has 106 valence electrons. The molecule has 0 aliphatic rings. The molecular weight excluding hydrogens is 267 g/mol. The summed E-state index contributed by atoms with van der Waals surface area (Å²) < 4.78 is 23.7. The zero-order valence-electron chi connectivity index (χ0n) is 10.9. The van der Waals surface area contributed by atoms with E-state index in [1.165, 1.54) is 31.4 Å². The third kappa shape index (κ3) is 2.62. The molecule has 2 aromatic rings. The van der Waals surface area contributed by atoms with E-state index in [0.29, 0.717) is 11.3 Å². The molecule has 0 amide bonds. The highest BCUT2D eigenvalue weighted by atomic mass is 19.1. The molecule has 1 atom stereocenters. The van der Waals surface area contributed by atoms with Crippen molar-refractivity contribution in [1.29, 1.82) is 0 Å². The predicted molar refractivity (Wildman–Crippen MR) is 69.2 cm³/mol. The summed E-state index contributed by atoms with van der Waals surface area (Å²) in [7, 11) is 3.03. The summed E-state index contributed by atoms with van der Waals surface area (Å²) in [4.78, 5) is 9.99. The zero-order valence-corrected chi connectivity index (χ0v) is 10.9. The summed E-state index contributed by atoms with van der Waals surface area (Å²) in [6, 6.07) is 6.73. The fraction of sp³-hybridized carbons (Fsp3) is 0.231. The van der Waals surface area contributed by atoms with Gasteiger partial charge in [0.15, 0.2) is 11.6 Å². The smallest absolute Gasteiger partial charge is 0.433 e. The van der Waals surface area contributed by atoms with E-state index in [1.54, 1.807) is 13.1 Å². The number of nitrogens with zero attached hydrogens (tertiary/aromatic N) is 1. The van der Waals surface area contributed by atoms with Gasteiger partial charge in [0.1, 0.15) is 10.7 Å². The first-order valence-corrected chi connectivity index (χ1v) is 5.81. The van der Waals surface area contributed by atoms with Gasteiger partial charge >= 0.3 is 5.88 Å². The van der Waals surface area contributed by atoms with E-state index in [1.807, 2.05) is 0 Å². The van der Waals surface area contributed by atoms with Crippen molar-refractivity contribution >= 4 is 5.88 Å². The van der Waals surface area contributed by atoms with Crippen molar-refractivity contribution in [3.05, 3.63) is 57.6 Å². The van der Waals surface area contributed by atoms with Gasteiger partial charge in [-0.25, -0.2) is 4.39 Å². The second-order valence-corrected chi connectivity index (χ2v) is 4.05. The highest BCUT2D eigenvalue weighted by Crippen LogP contribution is 2.29. The molecular formula is C13H13FN2O4. The standard InChI is InChI=1S/C13H13FN2O4/c1-15-13(11-5-6-12(20-11)16(17)18)8-3-4-10(19-2)9(14)7-8/h3-7,13,15H,1-2H3. The van der Waals surface area contributed by atoms with Gasteiger partial charge in [-0.15, -0.1) is 0 Å². The molecule has 0 aliphatic heterocycles. The SMILES string of the molecule is CNC(c1ccc(OC)c(F)c1)c1ccc([N+](=O)[O-])o1. The minimum atomic E-state index is -0.620. The first-order chi connectivity index (χ1) is 9.56. The van der Waals surface area contributed by atoms with Gasteiger partial charge in [-0.1, -0.05) is 6.07 Å². The van der Waals surface area contributed by atoms with E-state index in [-0.39, 0.29) is 11.6 Å². The molecule has 7 heteroatoms. The van der Waals surface area contributed by atoms with Crippen molar-refractivity contribution in [2.45, 2.75) is 6.04 Å². The molecule has 1 N–H and O–H groups in total. The van der Waals surface area contributed by atoms with Gasteiger partial charge in [-0.05, 0) is 30.8 Å². The normalized spacial score (nSPS) is 12.2. The summed E-state index contributed by atoms with van der Waals surface area (Å²) in [5.41, 5.74) is 0.579. The molecule has 1 aromatic heterocycles. The Kier molecular flexibility index (Phi) is 3.99. The minimum Gasteiger partial charge on any atom is -0.494 e. The maximum Gasteiger partial charge on any atom is 0.433 e. The lowest BCUT2D eigenvalue weighted by molar-refractivity contribution is -0.402. The van der Waals surface area contributed by atoms with Gasteiger partial charge in [-0.3, -0.25) is 10.1 Å². The summed E-state index contributed by atoms with van der Waals surface area (Å²) >= 11 is 0. The topological polar surface area (TPSA) is 77.5 Å². The first-order valence-electron chi connectivity index (χ1n) is 5.81. The monoisotopic (exact) mass is 280 g/mol. The van der Waals surface area contributed by atoms with Crippen molar-refractivity contribution in [2.24, 2.45) is 0 Å². The van der Waals surface area contributed by atoms with Crippen LogP contribution in [0.15, 0.2) is 34.7 Å². The van der Waals surface area contributed by atoms with Gasteiger partial charge in [0.25, 0.3) is 0 Å². The van der Waals surface area contributed by atoms with Gasteiger partial charge < -0.3 is 14.5 Å². The number of furan rings is 1. The molecule has 0 saturated carbocycles. The number of methoxy groups -OCH3 is 1. The highest BCUT2D eigenvalue weighted by Gasteiger charge is 2.21. The van der Waals surface area contributed by atoms with Crippen LogP contribution in [0, 0.1) is 15.9 Å². The minimum absolute atomic E-state index is 0.133. The molecule has 20 heavy (non-hydrogen) atoms. The molecule has 0 bridgehead atoms. The third-order valence-electron chi connectivity index (χ3n) is 2.87. The molecule has 1 aromatic carbocycles. The van der Waals surface area contributed by atoms with Crippen molar-refractivity contribution in [3.63, 3.8) is 0 Å². The van der Waals surface area contributed by atoms with Crippen molar-refractivity contribution in [2.75, 3.05) is 14.2 Å². The molecule has 6 nitrogen and oxygen atoms in total. The number of halogens is 1. The van der Waals surface area contributed by atoms with E-state index in [0.717, 1.165) is 0 Å². The molecule has 0 saturated heterocycles. The van der Waals surface area contributed by atoms with E-state index in [2.05, 4.69) is 5.32 Å². The Balaban J connectivity index is 2.36. The van der Waals surface area contributed by atoms with E-state index < -0.39 is 16.8 Å². The Morgan fingerprint density at radius 1 is 1.40 bits per heavy atom. The highest BCUT2D eigenvalue weighted by molar-refractivity contribution is 5.35. The molecule has 1 heterocycles.